The van der Waals surface area contributed by atoms with Gasteiger partial charge in [0.25, 0.3) is 0 Å². The molecule has 0 unspecified atom stereocenters. The van der Waals surface area contributed by atoms with Gasteiger partial charge in [-0.1, -0.05) is 85.3 Å². The summed E-state index contributed by atoms with van der Waals surface area (Å²) in [7, 11) is 0. The van der Waals surface area contributed by atoms with Crippen LogP contribution in [-0.2, 0) is 24.1 Å². The molecule has 0 amide bonds. The molecule has 0 bridgehead atoms. The number of carbonyl (C=O) groups is 1. The zero-order valence-electron chi connectivity index (χ0n) is 32.8. The summed E-state index contributed by atoms with van der Waals surface area (Å²) in [5.41, 5.74) is 17.5. The molecule has 1 heterocycles. The summed E-state index contributed by atoms with van der Waals surface area (Å²) >= 11 is 0. The molecule has 3 atom stereocenters. The van der Waals surface area contributed by atoms with E-state index < -0.39 is 12.1 Å². The third-order valence-electron chi connectivity index (χ3n) is 10.4. The molecule has 0 aromatic heterocycles. The van der Waals surface area contributed by atoms with E-state index in [-0.39, 0.29) is 42.2 Å². The zero-order valence-corrected chi connectivity index (χ0v) is 32.8. The predicted molar refractivity (Wildman–Crippen MR) is 225 cm³/mol. The molecule has 0 fully saturated rings. The van der Waals surface area contributed by atoms with E-state index in [2.05, 4.69) is 29.3 Å². The number of phenolic OH excluding ortho intramolecular Hbond substituents is 2. The molecule has 1 aliphatic rings. The number of nitrogens with zero attached hydrogens (tertiary/aromatic N) is 1. The van der Waals surface area contributed by atoms with Crippen LogP contribution in [0.25, 0.3) is 0 Å². The number of aromatic hydroxyl groups is 2. The van der Waals surface area contributed by atoms with Gasteiger partial charge in [-0.3, -0.25) is 9.79 Å². The third-order valence-corrected chi connectivity index (χ3v) is 10.4. The van der Waals surface area contributed by atoms with Crippen LogP contribution in [0.5, 0.6) is 17.2 Å². The van der Waals surface area contributed by atoms with Crippen LogP contribution in [0.1, 0.15) is 97.3 Å². The molecule has 0 saturated carbocycles. The fourth-order valence-corrected chi connectivity index (χ4v) is 7.23. The van der Waals surface area contributed by atoms with Crippen molar-refractivity contribution >= 4 is 12.0 Å². The Kier molecular flexibility index (Phi) is 16.3. The summed E-state index contributed by atoms with van der Waals surface area (Å²) in [6, 6.07) is 28.3. The van der Waals surface area contributed by atoms with Crippen molar-refractivity contribution in [2.24, 2.45) is 22.4 Å². The number of ether oxygens (including phenoxy) is 1. The van der Waals surface area contributed by atoms with Crippen LogP contribution in [-0.4, -0.2) is 40.0 Å². The fraction of sp³-hybridized carbons (Fsp3) is 0.333. The number of allylic oxidation sites excluding steroid dienone is 5. The lowest BCUT2D eigenvalue weighted by atomic mass is 9.85. The summed E-state index contributed by atoms with van der Waals surface area (Å²) in [6.07, 6.45) is 14.5. The van der Waals surface area contributed by atoms with Crippen molar-refractivity contribution in [3.8, 4) is 17.2 Å². The molecule has 4 aromatic carbocycles. The van der Waals surface area contributed by atoms with Crippen molar-refractivity contribution in [2.45, 2.75) is 89.3 Å². The molecule has 4 aromatic rings. The van der Waals surface area contributed by atoms with Gasteiger partial charge in [0, 0.05) is 36.7 Å². The van der Waals surface area contributed by atoms with Crippen molar-refractivity contribution in [3.63, 3.8) is 0 Å². The summed E-state index contributed by atoms with van der Waals surface area (Å²) in [6.45, 7) is 2.10. The normalized spacial score (nSPS) is 15.0. The summed E-state index contributed by atoms with van der Waals surface area (Å²) in [5, 5.41) is 44.8. The topological polar surface area (TPSA) is 174 Å². The lowest BCUT2D eigenvalue weighted by Crippen LogP contribution is -2.20. The first-order valence-corrected chi connectivity index (χ1v) is 19.9. The highest BCUT2D eigenvalue weighted by atomic mass is 16.5. The number of aryl methyl sites for hydroxylation is 2. The summed E-state index contributed by atoms with van der Waals surface area (Å²) in [4.78, 5) is 16.7. The van der Waals surface area contributed by atoms with Crippen LogP contribution in [0.3, 0.4) is 0 Å². The number of ketones is 1. The number of aliphatic hydroxyl groups excluding tert-OH is 1. The maximum absolute atomic E-state index is 13.2. The number of aliphatic hydroxyl groups is 1. The van der Waals surface area contributed by atoms with Crippen LogP contribution in [0.15, 0.2) is 132 Å². The molecule has 9 nitrogen and oxygen atoms in total. The number of hydrogen-bond acceptors (Lipinski definition) is 9. The number of rotatable bonds is 22. The third kappa shape index (κ3) is 13.6. The van der Waals surface area contributed by atoms with Gasteiger partial charge in [-0.15, -0.1) is 5.76 Å². The first kappa shape index (κ1) is 42.7. The number of unbranched alkanes of at least 4 members (excludes halogenated alkanes) is 1. The Bertz CT molecular complexity index is 2000. The maximum Gasteiger partial charge on any atom is 0.161 e. The lowest BCUT2D eigenvalue weighted by molar-refractivity contribution is -0.307. The molecule has 0 radical (unpaired) electrons. The zero-order chi connectivity index (χ0) is 40.6. The molecular weight excluding hydrogens is 715 g/mol. The van der Waals surface area contributed by atoms with Gasteiger partial charge in [0.1, 0.15) is 5.75 Å². The molecule has 1 aliphatic heterocycles. The van der Waals surface area contributed by atoms with E-state index >= 15 is 0 Å². The van der Waals surface area contributed by atoms with Crippen LogP contribution in [0.2, 0.25) is 0 Å². The van der Waals surface area contributed by atoms with Gasteiger partial charge in [0.05, 0.1) is 18.9 Å². The Balaban J connectivity index is 1.13. The predicted octanol–water partition coefficient (Wildman–Crippen LogP) is 7.62. The fourth-order valence-electron chi connectivity index (χ4n) is 7.23. The van der Waals surface area contributed by atoms with Gasteiger partial charge in [0.15, 0.2) is 17.3 Å². The SMILES string of the molecule is C[C@H](O)C[C@H](CCC/C=C/C(=O)CCc1ccc(O)c(OCCc2ccc(O)c([C@H](CC([O-])=C3C=CN=C3)c3ccc(C(N)N)cc3)c2)c1)CCc1ccccc1. The summed E-state index contributed by atoms with van der Waals surface area (Å²) in [5.74, 6) is 0.356. The second-order valence-corrected chi connectivity index (χ2v) is 15.0. The Labute approximate surface area is 336 Å². The molecule has 0 aliphatic carbocycles. The van der Waals surface area contributed by atoms with Crippen molar-refractivity contribution in [1.82, 2.24) is 0 Å². The number of hydrogen-bond donors (Lipinski definition) is 5. The molecular formula is C48H56N3O6-. The van der Waals surface area contributed by atoms with E-state index in [1.807, 2.05) is 55.5 Å². The first-order chi connectivity index (χ1) is 27.5. The van der Waals surface area contributed by atoms with Crippen molar-refractivity contribution in [3.05, 3.63) is 160 Å². The van der Waals surface area contributed by atoms with Crippen LogP contribution >= 0.6 is 0 Å². The lowest BCUT2D eigenvalue weighted by Gasteiger charge is -2.25. The average molecular weight is 771 g/mol. The van der Waals surface area contributed by atoms with Crippen molar-refractivity contribution in [2.75, 3.05) is 6.61 Å². The van der Waals surface area contributed by atoms with E-state index in [0.717, 1.165) is 60.8 Å². The van der Waals surface area contributed by atoms with E-state index in [0.29, 0.717) is 42.1 Å². The van der Waals surface area contributed by atoms with Crippen molar-refractivity contribution < 1.29 is 30.0 Å². The Morgan fingerprint density at radius 2 is 1.58 bits per heavy atom. The minimum absolute atomic E-state index is 0.00950. The molecule has 0 spiro atoms. The highest BCUT2D eigenvalue weighted by Crippen LogP contribution is 2.37. The Morgan fingerprint density at radius 1 is 0.860 bits per heavy atom. The second-order valence-electron chi connectivity index (χ2n) is 15.0. The average Bonchev–Trinajstić information content (AvgIpc) is 3.76. The van der Waals surface area contributed by atoms with Crippen LogP contribution in [0, 0.1) is 5.92 Å². The van der Waals surface area contributed by atoms with Crippen molar-refractivity contribution in [1.29, 1.82) is 0 Å². The monoisotopic (exact) mass is 770 g/mol. The van der Waals surface area contributed by atoms with E-state index in [1.54, 1.807) is 42.6 Å². The Hall–Kier alpha value is -5.48. The molecule has 9 heteroatoms. The number of phenols is 2. The number of nitrogens with two attached hydrogens (primary N) is 2. The molecule has 0 saturated heterocycles. The second kappa shape index (κ2) is 21.7. The standard InChI is InChI=1S/C48H57N3O6/c1-33(52)28-35(13-12-34-8-4-2-5-9-34)10-6-3-7-11-41(53)21-14-36-16-23-45(55)47(30-36)57-27-25-37-15-22-44(54)43(29-37)42(31-46(56)40-24-26-51-32-40)38-17-19-39(20-18-38)48(49)50/h2,4-5,7-9,11,15-20,22-24,26,29-30,32-33,35,42,48,52,54-56H,3,6,10,12-14,21,25,27-28,31,49-50H2,1H3/p-1/b11-7+,46-40?/t33-,35+,42+/m0/s1. The maximum atomic E-state index is 13.2. The van der Waals surface area contributed by atoms with Gasteiger partial charge in [-0.05, 0) is 122 Å². The number of carbonyl (C=O) groups excluding carboxylic acids is 1. The Morgan fingerprint density at radius 3 is 2.28 bits per heavy atom. The van der Waals surface area contributed by atoms with Gasteiger partial charge in [-0.25, -0.2) is 0 Å². The van der Waals surface area contributed by atoms with E-state index in [1.165, 1.54) is 11.8 Å². The minimum atomic E-state index is -0.631. The van der Waals surface area contributed by atoms with E-state index in [4.69, 9.17) is 16.2 Å². The smallest absolute Gasteiger partial charge is 0.161 e. The van der Waals surface area contributed by atoms with Gasteiger partial charge in [-0.2, -0.15) is 0 Å². The first-order valence-electron chi connectivity index (χ1n) is 19.9. The van der Waals surface area contributed by atoms with Gasteiger partial charge < -0.3 is 36.6 Å². The molecule has 7 N–H and O–H groups in total. The highest BCUT2D eigenvalue weighted by molar-refractivity contribution is 5.89. The highest BCUT2D eigenvalue weighted by Gasteiger charge is 2.20. The summed E-state index contributed by atoms with van der Waals surface area (Å²) < 4.78 is 6.02. The molecule has 57 heavy (non-hydrogen) atoms. The molecule has 300 valence electrons. The largest absolute Gasteiger partial charge is 0.875 e. The quantitative estimate of drug-likeness (QED) is 0.0235. The minimum Gasteiger partial charge on any atom is -0.875 e. The number of benzene rings is 4. The number of aliphatic imine (C=N–C) groups is 1. The van der Waals surface area contributed by atoms with E-state index in [9.17, 15) is 25.2 Å². The molecule has 5 rings (SSSR count). The van der Waals surface area contributed by atoms with Gasteiger partial charge in [0.2, 0.25) is 0 Å². The van der Waals surface area contributed by atoms with Crippen LogP contribution < -0.4 is 21.3 Å². The van der Waals surface area contributed by atoms with Crippen LogP contribution in [0.4, 0.5) is 0 Å². The van der Waals surface area contributed by atoms with Gasteiger partial charge >= 0.3 is 0 Å².